The van der Waals surface area contributed by atoms with Crippen LogP contribution in [0.5, 0.6) is 5.75 Å². The maximum atomic E-state index is 11.7. The highest BCUT2D eigenvalue weighted by atomic mass is 16.5. The molecule has 2 unspecified atom stereocenters. The van der Waals surface area contributed by atoms with E-state index in [-0.39, 0.29) is 12.1 Å². The Labute approximate surface area is 126 Å². The van der Waals surface area contributed by atoms with Gasteiger partial charge in [-0.05, 0) is 56.7 Å². The van der Waals surface area contributed by atoms with E-state index in [4.69, 9.17) is 15.2 Å². The first-order valence-electron chi connectivity index (χ1n) is 7.89. The molecule has 0 saturated heterocycles. The number of nitrogen functional groups attached to an aromatic ring is 1. The number of esters is 1. The van der Waals surface area contributed by atoms with Gasteiger partial charge in [0.2, 0.25) is 0 Å². The van der Waals surface area contributed by atoms with Crippen LogP contribution in [0.1, 0.15) is 56.3 Å². The summed E-state index contributed by atoms with van der Waals surface area (Å²) in [5.74, 6) is 0.927. The lowest BCUT2D eigenvalue weighted by molar-refractivity contribution is 0.0526. The van der Waals surface area contributed by atoms with E-state index in [1.54, 1.807) is 25.1 Å². The Morgan fingerprint density at radius 2 is 2.05 bits per heavy atom. The van der Waals surface area contributed by atoms with Crippen molar-refractivity contribution in [3.05, 3.63) is 23.8 Å². The minimum atomic E-state index is -0.347. The molecule has 1 fully saturated rings. The number of carbonyl (C=O) groups is 1. The standard InChI is InChI=1S/C17H25NO3/c1-3-12-7-5-6-8-15(12)21-16-10-9-13(11-14(16)18)17(19)20-4-2/h9-12,15H,3-8,18H2,1-2H3. The molecule has 2 atom stereocenters. The molecule has 0 aliphatic heterocycles. The van der Waals surface area contributed by atoms with E-state index in [2.05, 4.69) is 6.92 Å². The molecule has 0 bridgehead atoms. The lowest BCUT2D eigenvalue weighted by atomic mass is 9.85. The van der Waals surface area contributed by atoms with Gasteiger partial charge in [-0.3, -0.25) is 0 Å². The van der Waals surface area contributed by atoms with E-state index >= 15 is 0 Å². The highest BCUT2D eigenvalue weighted by molar-refractivity contribution is 5.91. The maximum absolute atomic E-state index is 11.7. The lowest BCUT2D eigenvalue weighted by Gasteiger charge is -2.31. The molecule has 2 rings (SSSR count). The fraction of sp³-hybridized carbons (Fsp3) is 0.588. The predicted octanol–water partition coefficient (Wildman–Crippen LogP) is 3.79. The minimum Gasteiger partial charge on any atom is -0.488 e. The Balaban J connectivity index is 2.08. The quantitative estimate of drug-likeness (QED) is 0.662. The number of nitrogens with two attached hydrogens (primary N) is 1. The topological polar surface area (TPSA) is 61.5 Å². The summed E-state index contributed by atoms with van der Waals surface area (Å²) in [6.45, 7) is 4.35. The van der Waals surface area contributed by atoms with Gasteiger partial charge in [-0.1, -0.05) is 13.3 Å². The second kappa shape index (κ2) is 7.34. The average Bonchev–Trinajstić information content (AvgIpc) is 2.50. The summed E-state index contributed by atoms with van der Waals surface area (Å²) in [6.07, 6.45) is 6.17. The van der Waals surface area contributed by atoms with Crippen LogP contribution in [0.4, 0.5) is 5.69 Å². The summed E-state index contributed by atoms with van der Waals surface area (Å²) < 4.78 is 11.1. The molecule has 0 spiro atoms. The number of hydrogen-bond acceptors (Lipinski definition) is 4. The van der Waals surface area contributed by atoms with Crippen molar-refractivity contribution in [2.24, 2.45) is 5.92 Å². The Morgan fingerprint density at radius 1 is 1.29 bits per heavy atom. The van der Waals surface area contributed by atoms with Gasteiger partial charge in [0.15, 0.2) is 0 Å². The van der Waals surface area contributed by atoms with Crippen molar-refractivity contribution in [3.8, 4) is 5.75 Å². The zero-order chi connectivity index (χ0) is 15.2. The van der Waals surface area contributed by atoms with E-state index in [0.717, 1.165) is 12.8 Å². The average molecular weight is 291 g/mol. The van der Waals surface area contributed by atoms with Crippen molar-refractivity contribution in [3.63, 3.8) is 0 Å². The first-order valence-corrected chi connectivity index (χ1v) is 7.89. The smallest absolute Gasteiger partial charge is 0.338 e. The van der Waals surface area contributed by atoms with Gasteiger partial charge in [-0.2, -0.15) is 0 Å². The maximum Gasteiger partial charge on any atom is 0.338 e. The molecule has 0 aromatic heterocycles. The molecule has 0 radical (unpaired) electrons. The number of ether oxygens (including phenoxy) is 2. The van der Waals surface area contributed by atoms with Crippen molar-refractivity contribution in [1.82, 2.24) is 0 Å². The summed E-state index contributed by atoms with van der Waals surface area (Å²) in [4.78, 5) is 11.7. The molecule has 1 aliphatic rings. The molecule has 2 N–H and O–H groups in total. The predicted molar refractivity (Wildman–Crippen MR) is 83.5 cm³/mol. The summed E-state index contributed by atoms with van der Waals surface area (Å²) in [6, 6.07) is 5.13. The van der Waals surface area contributed by atoms with Gasteiger partial charge in [0.1, 0.15) is 11.9 Å². The van der Waals surface area contributed by atoms with Crippen LogP contribution in [0.2, 0.25) is 0 Å². The number of anilines is 1. The highest BCUT2D eigenvalue weighted by Gasteiger charge is 2.25. The van der Waals surface area contributed by atoms with E-state index in [0.29, 0.717) is 29.5 Å². The molecular formula is C17H25NO3. The Kier molecular flexibility index (Phi) is 5.48. The lowest BCUT2D eigenvalue weighted by Crippen LogP contribution is -2.30. The van der Waals surface area contributed by atoms with Crippen LogP contribution in [0, 0.1) is 5.92 Å². The third kappa shape index (κ3) is 3.90. The van der Waals surface area contributed by atoms with Crippen LogP contribution in [0.15, 0.2) is 18.2 Å². The molecule has 4 nitrogen and oxygen atoms in total. The van der Waals surface area contributed by atoms with Crippen LogP contribution in [0.25, 0.3) is 0 Å². The van der Waals surface area contributed by atoms with Gasteiger partial charge in [0, 0.05) is 0 Å². The molecule has 0 heterocycles. The van der Waals surface area contributed by atoms with Crippen molar-refractivity contribution in [2.45, 2.75) is 52.1 Å². The van der Waals surface area contributed by atoms with Crippen LogP contribution in [0.3, 0.4) is 0 Å². The van der Waals surface area contributed by atoms with Crippen molar-refractivity contribution in [1.29, 1.82) is 0 Å². The number of rotatable bonds is 5. The second-order valence-corrected chi connectivity index (χ2v) is 5.58. The summed E-state index contributed by atoms with van der Waals surface area (Å²) in [5, 5.41) is 0. The first kappa shape index (κ1) is 15.7. The Morgan fingerprint density at radius 3 is 2.71 bits per heavy atom. The summed E-state index contributed by atoms with van der Waals surface area (Å²) in [7, 11) is 0. The normalized spacial score (nSPS) is 21.8. The minimum absolute atomic E-state index is 0.236. The van der Waals surface area contributed by atoms with Crippen LogP contribution in [-0.4, -0.2) is 18.7 Å². The Hall–Kier alpha value is -1.71. The number of carbonyl (C=O) groups excluding carboxylic acids is 1. The largest absolute Gasteiger partial charge is 0.488 e. The van der Waals surface area contributed by atoms with Gasteiger partial charge < -0.3 is 15.2 Å². The highest BCUT2D eigenvalue weighted by Crippen LogP contribution is 2.33. The molecule has 1 aromatic rings. The first-order chi connectivity index (χ1) is 10.2. The monoisotopic (exact) mass is 291 g/mol. The molecule has 21 heavy (non-hydrogen) atoms. The molecule has 1 aromatic carbocycles. The van der Waals surface area contributed by atoms with Crippen LogP contribution in [-0.2, 0) is 4.74 Å². The van der Waals surface area contributed by atoms with Crippen molar-refractivity contribution >= 4 is 11.7 Å². The van der Waals surface area contributed by atoms with Crippen LogP contribution >= 0.6 is 0 Å². The number of benzene rings is 1. The van der Waals surface area contributed by atoms with E-state index in [1.807, 2.05) is 0 Å². The fourth-order valence-electron chi connectivity index (χ4n) is 2.96. The molecule has 4 heteroatoms. The van der Waals surface area contributed by atoms with Gasteiger partial charge in [0.25, 0.3) is 0 Å². The number of hydrogen-bond donors (Lipinski definition) is 1. The second-order valence-electron chi connectivity index (χ2n) is 5.58. The van der Waals surface area contributed by atoms with Crippen LogP contribution < -0.4 is 10.5 Å². The SMILES string of the molecule is CCOC(=O)c1ccc(OC2CCCCC2CC)c(N)c1. The molecule has 116 valence electrons. The van der Waals surface area contributed by atoms with E-state index in [9.17, 15) is 4.79 Å². The summed E-state index contributed by atoms with van der Waals surface area (Å²) >= 11 is 0. The van der Waals surface area contributed by atoms with Gasteiger partial charge in [-0.25, -0.2) is 4.79 Å². The van der Waals surface area contributed by atoms with Gasteiger partial charge in [-0.15, -0.1) is 0 Å². The molecule has 1 saturated carbocycles. The van der Waals surface area contributed by atoms with Crippen molar-refractivity contribution < 1.29 is 14.3 Å². The van der Waals surface area contributed by atoms with E-state index in [1.165, 1.54) is 19.3 Å². The molecule has 1 aliphatic carbocycles. The summed E-state index contributed by atoms with van der Waals surface area (Å²) in [5.41, 5.74) is 7.00. The van der Waals surface area contributed by atoms with Gasteiger partial charge in [0.05, 0.1) is 17.9 Å². The molecule has 0 amide bonds. The van der Waals surface area contributed by atoms with Gasteiger partial charge >= 0.3 is 5.97 Å². The Bertz CT molecular complexity index is 487. The molecular weight excluding hydrogens is 266 g/mol. The fourth-order valence-corrected chi connectivity index (χ4v) is 2.96. The zero-order valence-electron chi connectivity index (χ0n) is 12.9. The zero-order valence-corrected chi connectivity index (χ0v) is 12.9. The van der Waals surface area contributed by atoms with Crippen molar-refractivity contribution in [2.75, 3.05) is 12.3 Å². The third-order valence-corrected chi connectivity index (χ3v) is 4.16. The van der Waals surface area contributed by atoms with E-state index < -0.39 is 0 Å². The third-order valence-electron chi connectivity index (χ3n) is 4.16.